The first-order chi connectivity index (χ1) is 12.6. The number of benzene rings is 1. The van der Waals surface area contributed by atoms with Crippen LogP contribution in [0.3, 0.4) is 0 Å². The summed E-state index contributed by atoms with van der Waals surface area (Å²) < 4.78 is 16.4. The van der Waals surface area contributed by atoms with Gasteiger partial charge in [-0.25, -0.2) is 4.98 Å². The summed E-state index contributed by atoms with van der Waals surface area (Å²) >= 11 is 0. The molecule has 2 heterocycles. The Hall–Kier alpha value is -2.83. The maximum atomic E-state index is 12.8. The smallest absolute Gasteiger partial charge is 0.254 e. The quantitative estimate of drug-likeness (QED) is 0.818. The van der Waals surface area contributed by atoms with Gasteiger partial charge in [-0.1, -0.05) is 0 Å². The van der Waals surface area contributed by atoms with Crippen molar-refractivity contribution in [3.63, 3.8) is 0 Å². The number of amides is 1. The van der Waals surface area contributed by atoms with Gasteiger partial charge in [0.15, 0.2) is 0 Å². The van der Waals surface area contributed by atoms with Crippen LogP contribution in [-0.2, 0) is 0 Å². The second-order valence-electron chi connectivity index (χ2n) is 6.15. The van der Waals surface area contributed by atoms with Gasteiger partial charge in [0.1, 0.15) is 23.4 Å². The van der Waals surface area contributed by atoms with E-state index in [-0.39, 0.29) is 12.0 Å². The van der Waals surface area contributed by atoms with Gasteiger partial charge in [0.2, 0.25) is 5.88 Å². The lowest BCUT2D eigenvalue weighted by Gasteiger charge is -2.32. The van der Waals surface area contributed by atoms with E-state index in [1.54, 1.807) is 44.7 Å². The Balaban J connectivity index is 1.61. The molecule has 0 N–H and O–H groups in total. The first kappa shape index (κ1) is 18.0. The third-order valence-corrected chi connectivity index (χ3v) is 4.37. The van der Waals surface area contributed by atoms with Crippen molar-refractivity contribution in [3.05, 3.63) is 41.9 Å². The number of methoxy groups -OCH3 is 2. The third kappa shape index (κ3) is 4.22. The van der Waals surface area contributed by atoms with Crippen molar-refractivity contribution in [2.75, 3.05) is 27.3 Å². The summed E-state index contributed by atoms with van der Waals surface area (Å²) in [5, 5.41) is 0. The van der Waals surface area contributed by atoms with Gasteiger partial charge in [0.05, 0.1) is 14.2 Å². The van der Waals surface area contributed by atoms with Crippen LogP contribution in [-0.4, -0.2) is 54.2 Å². The number of carbonyl (C=O) groups excluding carboxylic acids is 1. The van der Waals surface area contributed by atoms with Crippen LogP contribution in [0.15, 0.2) is 30.5 Å². The van der Waals surface area contributed by atoms with E-state index in [4.69, 9.17) is 14.2 Å². The lowest BCUT2D eigenvalue weighted by molar-refractivity contribution is 0.0587. The monoisotopic (exact) mass is 357 g/mol. The lowest BCUT2D eigenvalue weighted by Crippen LogP contribution is -2.41. The van der Waals surface area contributed by atoms with Crippen molar-refractivity contribution < 1.29 is 19.0 Å². The summed E-state index contributed by atoms with van der Waals surface area (Å²) in [5.41, 5.74) is 0.562. The van der Waals surface area contributed by atoms with E-state index in [0.29, 0.717) is 41.9 Å². The Morgan fingerprint density at radius 1 is 1.12 bits per heavy atom. The largest absolute Gasteiger partial charge is 0.497 e. The second kappa shape index (κ2) is 8.03. The zero-order valence-electron chi connectivity index (χ0n) is 15.3. The summed E-state index contributed by atoms with van der Waals surface area (Å²) in [4.78, 5) is 23.0. The van der Waals surface area contributed by atoms with Crippen molar-refractivity contribution in [1.29, 1.82) is 0 Å². The molecule has 0 spiro atoms. The van der Waals surface area contributed by atoms with E-state index >= 15 is 0 Å². The number of hydrogen-bond donors (Lipinski definition) is 0. The van der Waals surface area contributed by atoms with Crippen LogP contribution in [0.25, 0.3) is 0 Å². The van der Waals surface area contributed by atoms with Gasteiger partial charge in [0, 0.05) is 49.8 Å². The maximum Gasteiger partial charge on any atom is 0.254 e. The molecule has 7 nitrogen and oxygen atoms in total. The van der Waals surface area contributed by atoms with Crippen LogP contribution in [0.5, 0.6) is 17.4 Å². The maximum absolute atomic E-state index is 12.8. The van der Waals surface area contributed by atoms with E-state index in [9.17, 15) is 4.79 Å². The lowest BCUT2D eigenvalue weighted by atomic mass is 10.1. The average molecular weight is 357 g/mol. The van der Waals surface area contributed by atoms with Crippen LogP contribution in [0.4, 0.5) is 0 Å². The van der Waals surface area contributed by atoms with Crippen LogP contribution in [0.1, 0.15) is 29.0 Å². The number of likely N-dealkylation sites (tertiary alicyclic amines) is 1. The first-order valence-corrected chi connectivity index (χ1v) is 8.57. The van der Waals surface area contributed by atoms with Gasteiger partial charge < -0.3 is 19.1 Å². The predicted octanol–water partition coefficient (Wildman–Crippen LogP) is 2.49. The van der Waals surface area contributed by atoms with E-state index < -0.39 is 0 Å². The molecular formula is C19H23N3O4. The fourth-order valence-corrected chi connectivity index (χ4v) is 2.96. The molecule has 0 atom stereocenters. The van der Waals surface area contributed by atoms with Crippen LogP contribution >= 0.6 is 0 Å². The number of ether oxygens (including phenoxy) is 3. The van der Waals surface area contributed by atoms with Gasteiger partial charge >= 0.3 is 0 Å². The normalized spacial score (nSPS) is 14.8. The number of piperidine rings is 1. The minimum atomic E-state index is -0.0291. The second-order valence-corrected chi connectivity index (χ2v) is 6.15. The van der Waals surface area contributed by atoms with Crippen molar-refractivity contribution in [2.24, 2.45) is 0 Å². The van der Waals surface area contributed by atoms with Crippen LogP contribution in [0, 0.1) is 6.92 Å². The van der Waals surface area contributed by atoms with Crippen LogP contribution in [0.2, 0.25) is 0 Å². The molecule has 0 bridgehead atoms. The summed E-state index contributed by atoms with van der Waals surface area (Å²) in [6.07, 6.45) is 3.26. The Morgan fingerprint density at radius 3 is 2.35 bits per heavy atom. The molecule has 1 saturated heterocycles. The van der Waals surface area contributed by atoms with Gasteiger partial charge in [-0.2, -0.15) is 4.98 Å². The highest BCUT2D eigenvalue weighted by Crippen LogP contribution is 2.25. The van der Waals surface area contributed by atoms with Crippen molar-refractivity contribution in [3.8, 4) is 17.4 Å². The van der Waals surface area contributed by atoms with Gasteiger partial charge in [0.25, 0.3) is 5.91 Å². The molecule has 3 rings (SSSR count). The van der Waals surface area contributed by atoms with E-state index in [1.807, 2.05) is 11.8 Å². The number of aryl methyl sites for hydroxylation is 1. The van der Waals surface area contributed by atoms with Crippen molar-refractivity contribution in [2.45, 2.75) is 25.9 Å². The molecule has 1 aromatic heterocycles. The Bertz CT molecular complexity index is 751. The van der Waals surface area contributed by atoms with Crippen LogP contribution < -0.4 is 14.2 Å². The highest BCUT2D eigenvalue weighted by molar-refractivity contribution is 5.95. The SMILES string of the molecule is COc1cc(OC)cc(C(=O)N2CCC(Oc3ccnc(C)n3)CC2)c1. The molecule has 7 heteroatoms. The van der Waals surface area contributed by atoms with Gasteiger partial charge in [-0.3, -0.25) is 4.79 Å². The average Bonchev–Trinajstić information content (AvgIpc) is 2.67. The number of aromatic nitrogens is 2. The molecule has 1 aliphatic rings. The highest BCUT2D eigenvalue weighted by atomic mass is 16.5. The highest BCUT2D eigenvalue weighted by Gasteiger charge is 2.25. The molecule has 0 unspecified atom stereocenters. The number of rotatable bonds is 5. The van der Waals surface area contributed by atoms with E-state index in [0.717, 1.165) is 12.8 Å². The fraction of sp³-hybridized carbons (Fsp3) is 0.421. The van der Waals surface area contributed by atoms with Crippen molar-refractivity contribution >= 4 is 5.91 Å². The summed E-state index contributed by atoms with van der Waals surface area (Å²) in [7, 11) is 3.14. The number of carbonyl (C=O) groups is 1. The standard InChI is InChI=1S/C19H23N3O4/c1-13-20-7-4-18(21-13)26-15-5-8-22(9-6-15)19(23)14-10-16(24-2)12-17(11-14)25-3/h4,7,10-12,15H,5-6,8-9H2,1-3H3. The minimum absolute atomic E-state index is 0.0291. The molecule has 1 aromatic carbocycles. The molecule has 1 aliphatic heterocycles. The molecule has 26 heavy (non-hydrogen) atoms. The summed E-state index contributed by atoms with van der Waals surface area (Å²) in [6, 6.07) is 6.97. The molecule has 0 aliphatic carbocycles. The Morgan fingerprint density at radius 2 is 1.77 bits per heavy atom. The predicted molar refractivity (Wildman–Crippen MR) is 95.9 cm³/mol. The Kier molecular flexibility index (Phi) is 5.55. The zero-order chi connectivity index (χ0) is 18.5. The topological polar surface area (TPSA) is 73.8 Å². The molecule has 2 aromatic rings. The number of nitrogens with zero attached hydrogens (tertiary/aromatic N) is 3. The van der Waals surface area contributed by atoms with Crippen molar-refractivity contribution in [1.82, 2.24) is 14.9 Å². The molecular weight excluding hydrogens is 334 g/mol. The third-order valence-electron chi connectivity index (χ3n) is 4.37. The van der Waals surface area contributed by atoms with E-state index in [2.05, 4.69) is 9.97 Å². The summed E-state index contributed by atoms with van der Waals surface area (Å²) in [6.45, 7) is 3.09. The first-order valence-electron chi connectivity index (χ1n) is 8.57. The van der Waals surface area contributed by atoms with Gasteiger partial charge in [-0.15, -0.1) is 0 Å². The van der Waals surface area contributed by atoms with E-state index in [1.165, 1.54) is 0 Å². The fourth-order valence-electron chi connectivity index (χ4n) is 2.96. The zero-order valence-corrected chi connectivity index (χ0v) is 15.3. The molecule has 1 amide bonds. The summed E-state index contributed by atoms with van der Waals surface area (Å²) in [5.74, 6) is 2.44. The Labute approximate surface area is 152 Å². The molecule has 138 valence electrons. The molecule has 0 radical (unpaired) electrons. The molecule has 0 saturated carbocycles. The molecule has 1 fully saturated rings. The van der Waals surface area contributed by atoms with Gasteiger partial charge in [-0.05, 0) is 19.1 Å². The number of hydrogen-bond acceptors (Lipinski definition) is 6. The minimum Gasteiger partial charge on any atom is -0.497 e.